The van der Waals surface area contributed by atoms with Gasteiger partial charge in [0.05, 0.1) is 13.2 Å². The lowest BCUT2D eigenvalue weighted by atomic mass is 10.3. The fourth-order valence-electron chi connectivity index (χ4n) is 1.61. The fourth-order valence-corrected chi connectivity index (χ4v) is 1.61. The lowest BCUT2D eigenvalue weighted by Gasteiger charge is -2.07. The summed E-state index contributed by atoms with van der Waals surface area (Å²) in [6.07, 6.45) is -3.66. The van der Waals surface area contributed by atoms with Crippen molar-refractivity contribution in [1.29, 1.82) is 0 Å². The first kappa shape index (κ1) is 17.4. The van der Waals surface area contributed by atoms with Crippen molar-refractivity contribution in [1.82, 2.24) is 5.32 Å². The Morgan fingerprint density at radius 2 is 2.05 bits per heavy atom. The van der Waals surface area contributed by atoms with Crippen molar-refractivity contribution >= 4 is 24.0 Å². The Bertz CT molecular complexity index is 502. The number of methoxy groups -OCH3 is 1. The molecule has 1 aliphatic heterocycles. The van der Waals surface area contributed by atoms with Gasteiger partial charge in [-0.1, -0.05) is 0 Å². The van der Waals surface area contributed by atoms with Gasteiger partial charge >= 0.3 is 6.29 Å². The summed E-state index contributed by atoms with van der Waals surface area (Å²) in [6.45, 7) is 1.12. The summed E-state index contributed by atoms with van der Waals surface area (Å²) in [5, 5.41) is 5.41. The minimum Gasteiger partial charge on any atom is -0.395 e. The molecule has 0 aromatic heterocycles. The largest absolute Gasteiger partial charge is 0.586 e. The summed E-state index contributed by atoms with van der Waals surface area (Å²) >= 11 is 0. The summed E-state index contributed by atoms with van der Waals surface area (Å²) in [6, 6.07) is 4.05. The van der Waals surface area contributed by atoms with Gasteiger partial charge in [0.15, 0.2) is 11.5 Å². The fraction of sp³-hybridized carbons (Fsp3) is 0.417. The van der Waals surface area contributed by atoms with Gasteiger partial charge in [0.2, 0.25) is 5.91 Å². The van der Waals surface area contributed by atoms with Gasteiger partial charge in [0, 0.05) is 25.4 Å². The van der Waals surface area contributed by atoms with Crippen LogP contribution in [-0.4, -0.2) is 39.0 Å². The van der Waals surface area contributed by atoms with Gasteiger partial charge in [0.1, 0.15) is 0 Å². The maximum Gasteiger partial charge on any atom is 0.586 e. The monoisotopic (exact) mass is 324 g/mol. The first-order valence-electron chi connectivity index (χ1n) is 5.89. The van der Waals surface area contributed by atoms with Gasteiger partial charge in [-0.15, -0.1) is 21.2 Å². The smallest absolute Gasteiger partial charge is 0.395 e. The second kappa shape index (κ2) is 7.39. The van der Waals surface area contributed by atoms with E-state index in [1.165, 1.54) is 18.2 Å². The van der Waals surface area contributed by atoms with Crippen LogP contribution in [0.4, 0.5) is 14.5 Å². The molecule has 1 aromatic rings. The van der Waals surface area contributed by atoms with E-state index in [9.17, 15) is 13.6 Å². The average molecular weight is 325 g/mol. The number of hydrogen-bond acceptors (Lipinski definition) is 5. The highest BCUT2D eigenvalue weighted by atomic mass is 35.5. The number of alkyl halides is 2. The Kier molecular flexibility index (Phi) is 6.13. The van der Waals surface area contributed by atoms with E-state index in [0.29, 0.717) is 18.8 Å². The number of amides is 1. The van der Waals surface area contributed by atoms with Crippen molar-refractivity contribution in [3.63, 3.8) is 0 Å². The maximum atomic E-state index is 12.8. The van der Waals surface area contributed by atoms with Crippen LogP contribution >= 0.6 is 12.4 Å². The minimum atomic E-state index is -3.66. The Morgan fingerprint density at radius 1 is 1.33 bits per heavy atom. The van der Waals surface area contributed by atoms with Gasteiger partial charge in [0.25, 0.3) is 0 Å². The minimum absolute atomic E-state index is 0. The normalized spacial score (nSPS) is 14.4. The SMILES string of the molecule is COCCNCC(=O)Nc1ccc2c(c1)OC(F)(F)O2.Cl. The summed E-state index contributed by atoms with van der Waals surface area (Å²) in [5.74, 6) is -0.474. The highest BCUT2D eigenvalue weighted by molar-refractivity contribution is 5.92. The van der Waals surface area contributed by atoms with E-state index in [1.807, 2.05) is 0 Å². The number of anilines is 1. The topological polar surface area (TPSA) is 68.8 Å². The molecule has 0 saturated carbocycles. The molecule has 0 bridgehead atoms. The van der Waals surface area contributed by atoms with E-state index < -0.39 is 6.29 Å². The van der Waals surface area contributed by atoms with Gasteiger partial charge < -0.3 is 24.8 Å². The summed E-state index contributed by atoms with van der Waals surface area (Å²) in [4.78, 5) is 11.6. The van der Waals surface area contributed by atoms with Crippen molar-refractivity contribution in [3.05, 3.63) is 18.2 Å². The molecule has 118 valence electrons. The average Bonchev–Trinajstić information content (AvgIpc) is 2.68. The van der Waals surface area contributed by atoms with Crippen LogP contribution in [-0.2, 0) is 9.53 Å². The van der Waals surface area contributed by atoms with Crippen molar-refractivity contribution in [3.8, 4) is 11.5 Å². The molecule has 0 spiro atoms. The predicted molar refractivity (Wildman–Crippen MR) is 73.3 cm³/mol. The molecule has 2 rings (SSSR count). The van der Waals surface area contributed by atoms with Crippen LogP contribution in [0.2, 0.25) is 0 Å². The molecule has 1 amide bonds. The van der Waals surface area contributed by atoms with E-state index in [4.69, 9.17) is 4.74 Å². The molecule has 9 heteroatoms. The van der Waals surface area contributed by atoms with Crippen LogP contribution in [0.15, 0.2) is 18.2 Å². The standard InChI is InChI=1S/C12H14F2N2O4.ClH/c1-18-5-4-15-7-11(17)16-8-2-3-9-10(6-8)20-12(13,14)19-9;/h2-3,6,15H,4-5,7H2,1H3,(H,16,17);1H. The molecule has 0 aliphatic carbocycles. The van der Waals surface area contributed by atoms with E-state index >= 15 is 0 Å². The summed E-state index contributed by atoms with van der Waals surface area (Å²) in [5.41, 5.74) is 0.351. The van der Waals surface area contributed by atoms with Crippen molar-refractivity contribution < 1.29 is 27.8 Å². The van der Waals surface area contributed by atoms with Gasteiger partial charge in [-0.3, -0.25) is 4.79 Å². The van der Waals surface area contributed by atoms with E-state index in [-0.39, 0.29) is 36.4 Å². The molecule has 2 N–H and O–H groups in total. The first-order valence-corrected chi connectivity index (χ1v) is 5.89. The van der Waals surface area contributed by atoms with Gasteiger partial charge in [-0.2, -0.15) is 0 Å². The number of rotatable bonds is 6. The van der Waals surface area contributed by atoms with E-state index in [2.05, 4.69) is 20.1 Å². The van der Waals surface area contributed by atoms with Crippen LogP contribution in [0, 0.1) is 0 Å². The summed E-state index contributed by atoms with van der Waals surface area (Å²) in [7, 11) is 1.56. The zero-order valence-electron chi connectivity index (χ0n) is 11.2. The third kappa shape index (κ3) is 5.00. The first-order chi connectivity index (χ1) is 9.50. The molecule has 1 aromatic carbocycles. The molecule has 1 aliphatic rings. The number of ether oxygens (including phenoxy) is 3. The van der Waals surface area contributed by atoms with Gasteiger partial charge in [-0.05, 0) is 12.1 Å². The molecule has 0 saturated heterocycles. The van der Waals surface area contributed by atoms with E-state index in [0.717, 1.165) is 0 Å². The number of carbonyl (C=O) groups is 1. The van der Waals surface area contributed by atoms with Crippen molar-refractivity contribution in [2.45, 2.75) is 6.29 Å². The number of hydrogen-bond donors (Lipinski definition) is 2. The highest BCUT2D eigenvalue weighted by Crippen LogP contribution is 2.42. The molecule has 6 nitrogen and oxygen atoms in total. The van der Waals surface area contributed by atoms with Crippen molar-refractivity contribution in [2.75, 3.05) is 32.1 Å². The predicted octanol–water partition coefficient (Wildman–Crippen LogP) is 1.60. The number of halogens is 3. The molecule has 0 unspecified atom stereocenters. The van der Waals surface area contributed by atoms with Gasteiger partial charge in [-0.25, -0.2) is 0 Å². The molecule has 21 heavy (non-hydrogen) atoms. The quantitative estimate of drug-likeness (QED) is 0.778. The van der Waals surface area contributed by atoms with Crippen LogP contribution < -0.4 is 20.1 Å². The zero-order valence-corrected chi connectivity index (χ0v) is 12.0. The molecule has 0 fully saturated rings. The molecular formula is C12H15ClF2N2O4. The number of benzene rings is 1. The van der Waals surface area contributed by atoms with Crippen LogP contribution in [0.25, 0.3) is 0 Å². The number of carbonyl (C=O) groups excluding carboxylic acids is 1. The Hall–Kier alpha value is -1.64. The number of nitrogens with one attached hydrogen (secondary N) is 2. The zero-order chi connectivity index (χ0) is 14.6. The Morgan fingerprint density at radius 3 is 2.76 bits per heavy atom. The maximum absolute atomic E-state index is 12.8. The van der Waals surface area contributed by atoms with Crippen LogP contribution in [0.3, 0.4) is 0 Å². The van der Waals surface area contributed by atoms with Crippen LogP contribution in [0.5, 0.6) is 11.5 Å². The van der Waals surface area contributed by atoms with E-state index in [1.54, 1.807) is 7.11 Å². The number of fused-ring (bicyclic) bond motifs is 1. The van der Waals surface area contributed by atoms with Crippen molar-refractivity contribution in [2.24, 2.45) is 0 Å². The second-order valence-corrected chi connectivity index (χ2v) is 4.05. The lowest BCUT2D eigenvalue weighted by molar-refractivity contribution is -0.286. The Labute approximate surface area is 126 Å². The lowest BCUT2D eigenvalue weighted by Crippen LogP contribution is -2.30. The molecule has 1 heterocycles. The summed E-state index contributed by atoms with van der Waals surface area (Å²) < 4.78 is 39.0. The molecular weight excluding hydrogens is 310 g/mol. The molecule has 0 atom stereocenters. The third-order valence-electron chi connectivity index (χ3n) is 2.45. The third-order valence-corrected chi connectivity index (χ3v) is 2.45. The second-order valence-electron chi connectivity index (χ2n) is 4.05. The Balaban J connectivity index is 0.00000220. The molecule has 0 radical (unpaired) electrons. The van der Waals surface area contributed by atoms with Crippen LogP contribution in [0.1, 0.15) is 0 Å². The highest BCUT2D eigenvalue weighted by Gasteiger charge is 2.43.